The van der Waals surface area contributed by atoms with Crippen molar-refractivity contribution in [3.63, 3.8) is 0 Å². The van der Waals surface area contributed by atoms with Crippen LogP contribution in [0, 0.1) is 13.0 Å². The number of aromatic hydroxyl groups is 1. The average molecular weight is 851 g/mol. The molecule has 0 bridgehead atoms. The first-order chi connectivity index (χ1) is 25.1. The molecule has 6 aromatic carbocycles. The van der Waals surface area contributed by atoms with Crippen LogP contribution in [0.2, 0.25) is 0 Å². The molecule has 0 saturated heterocycles. The van der Waals surface area contributed by atoms with Crippen LogP contribution in [0.4, 0.5) is 0 Å². The average Bonchev–Trinajstić information content (AvgIpc) is 3.57. The van der Waals surface area contributed by atoms with Crippen LogP contribution < -0.4 is 0 Å². The molecule has 0 unspecified atom stereocenters. The zero-order valence-electron chi connectivity index (χ0n) is 28.2. The molecule has 0 fully saturated rings. The Morgan fingerprint density at radius 1 is 0.481 bits per heavy atom. The summed E-state index contributed by atoms with van der Waals surface area (Å²) in [5.74, 6) is 0.187. The first-order valence-corrected chi connectivity index (χ1v) is 17.0. The Labute approximate surface area is 316 Å². The number of phenols is 1. The summed E-state index contributed by atoms with van der Waals surface area (Å²) in [6.45, 7) is 2.03. The molecule has 0 radical (unpaired) electrons. The van der Waals surface area contributed by atoms with Gasteiger partial charge in [0.05, 0.1) is 5.69 Å². The van der Waals surface area contributed by atoms with Gasteiger partial charge in [-0.1, -0.05) is 126 Å². The third kappa shape index (κ3) is 6.12. The largest absolute Gasteiger partial charge is 0.507 e. The van der Waals surface area contributed by atoms with E-state index >= 15 is 0 Å². The van der Waals surface area contributed by atoms with Crippen molar-refractivity contribution in [1.29, 1.82) is 0 Å². The SMILES string of the molecule is Cc1cc(-c2ccccc2-c2cccc3c2oc2ccccc23)cc(-c2[c-]c(-c3cc(-c4ccccc4)cc(-c4ccccc4O)n3)ccc2)n1.[Pt]. The van der Waals surface area contributed by atoms with Gasteiger partial charge >= 0.3 is 0 Å². The number of nitrogens with zero attached hydrogens (tertiary/aromatic N) is 2. The number of fused-ring (bicyclic) bond motifs is 3. The summed E-state index contributed by atoms with van der Waals surface area (Å²) in [4.78, 5) is 10.0. The van der Waals surface area contributed by atoms with Crippen molar-refractivity contribution >= 4 is 21.9 Å². The molecule has 5 heteroatoms. The molecular weight excluding hydrogens is 820 g/mol. The van der Waals surface area contributed by atoms with Gasteiger partial charge in [0.25, 0.3) is 0 Å². The monoisotopic (exact) mass is 850 g/mol. The fourth-order valence-corrected chi connectivity index (χ4v) is 6.95. The number of pyridine rings is 2. The zero-order valence-corrected chi connectivity index (χ0v) is 30.4. The van der Waals surface area contributed by atoms with Gasteiger partial charge in [-0.25, -0.2) is 0 Å². The Hall–Kier alpha value is -6.09. The summed E-state index contributed by atoms with van der Waals surface area (Å²) in [6.07, 6.45) is 0. The molecule has 0 atom stereocenters. The number of hydrogen-bond acceptors (Lipinski definition) is 4. The van der Waals surface area contributed by atoms with E-state index in [1.165, 1.54) is 0 Å². The van der Waals surface area contributed by atoms with Crippen molar-refractivity contribution < 1.29 is 30.6 Å². The Morgan fingerprint density at radius 2 is 1.08 bits per heavy atom. The minimum absolute atomic E-state index is 0. The summed E-state index contributed by atoms with van der Waals surface area (Å²) in [5.41, 5.74) is 13.7. The maximum absolute atomic E-state index is 10.7. The van der Waals surface area contributed by atoms with E-state index in [2.05, 4.69) is 84.9 Å². The van der Waals surface area contributed by atoms with E-state index in [1.54, 1.807) is 6.07 Å². The Kier molecular flexibility index (Phi) is 8.84. The van der Waals surface area contributed by atoms with Gasteiger partial charge in [0, 0.05) is 60.0 Å². The van der Waals surface area contributed by atoms with E-state index in [9.17, 15) is 5.11 Å². The van der Waals surface area contributed by atoms with E-state index < -0.39 is 0 Å². The summed E-state index contributed by atoms with van der Waals surface area (Å²) in [7, 11) is 0. The molecule has 0 aliphatic heterocycles. The summed E-state index contributed by atoms with van der Waals surface area (Å²) >= 11 is 0. The number of hydrogen-bond donors (Lipinski definition) is 1. The third-order valence-electron chi connectivity index (χ3n) is 9.35. The van der Waals surface area contributed by atoms with Gasteiger partial charge in [-0.3, -0.25) is 9.97 Å². The van der Waals surface area contributed by atoms with E-state index in [4.69, 9.17) is 14.4 Å². The molecule has 1 N–H and O–H groups in total. The first kappa shape index (κ1) is 33.1. The van der Waals surface area contributed by atoms with Gasteiger partial charge in [0.15, 0.2) is 0 Å². The first-order valence-electron chi connectivity index (χ1n) is 17.0. The smallest absolute Gasteiger partial charge is 0.143 e. The van der Waals surface area contributed by atoms with Gasteiger partial charge in [0.1, 0.15) is 16.9 Å². The molecule has 4 nitrogen and oxygen atoms in total. The maximum atomic E-state index is 10.7. The van der Waals surface area contributed by atoms with Crippen molar-refractivity contribution in [1.82, 2.24) is 9.97 Å². The number of rotatable bonds is 6. The van der Waals surface area contributed by atoms with E-state index in [0.717, 1.165) is 83.5 Å². The normalized spacial score (nSPS) is 11.1. The van der Waals surface area contributed by atoms with E-state index in [1.807, 2.05) is 85.8 Å². The topological polar surface area (TPSA) is 59.2 Å². The van der Waals surface area contributed by atoms with Crippen molar-refractivity contribution in [2.75, 3.05) is 0 Å². The molecule has 0 aliphatic carbocycles. The van der Waals surface area contributed by atoms with Crippen molar-refractivity contribution in [2.24, 2.45) is 0 Å². The van der Waals surface area contributed by atoms with Crippen LogP contribution in [-0.2, 0) is 21.1 Å². The number of phenolic OH excluding ortho intramolecular Hbond substituents is 1. The van der Waals surface area contributed by atoms with Crippen molar-refractivity contribution in [3.8, 4) is 72.9 Å². The molecule has 0 amide bonds. The number of benzene rings is 6. The van der Waals surface area contributed by atoms with Gasteiger partial charge in [-0.15, -0.1) is 24.3 Å². The second-order valence-electron chi connectivity index (χ2n) is 12.7. The quantitative estimate of drug-likeness (QED) is 0.169. The number of aromatic nitrogens is 2. The molecule has 0 aliphatic rings. The number of furan rings is 1. The summed E-state index contributed by atoms with van der Waals surface area (Å²) in [6, 6.07) is 58.7. The number of para-hydroxylation sites is 3. The van der Waals surface area contributed by atoms with Crippen LogP contribution in [-0.4, -0.2) is 15.1 Å². The van der Waals surface area contributed by atoms with Crippen LogP contribution >= 0.6 is 0 Å². The summed E-state index contributed by atoms with van der Waals surface area (Å²) < 4.78 is 6.44. The molecule has 9 aromatic rings. The second kappa shape index (κ2) is 13.9. The maximum Gasteiger partial charge on any atom is 0.143 e. The minimum atomic E-state index is 0. The predicted octanol–water partition coefficient (Wildman–Crippen LogP) is 12.2. The summed E-state index contributed by atoms with van der Waals surface area (Å²) in [5, 5.41) is 13.0. The second-order valence-corrected chi connectivity index (χ2v) is 12.7. The molecule has 3 aromatic heterocycles. The minimum Gasteiger partial charge on any atom is -0.507 e. The molecule has 0 spiro atoms. The molecular formula is C47H31N2O2Pt-. The zero-order chi connectivity index (χ0) is 34.3. The van der Waals surface area contributed by atoms with Crippen LogP contribution in [0.1, 0.15) is 5.69 Å². The fourth-order valence-electron chi connectivity index (χ4n) is 6.95. The Morgan fingerprint density at radius 3 is 1.88 bits per heavy atom. The van der Waals surface area contributed by atoms with Crippen molar-refractivity contribution in [3.05, 3.63) is 176 Å². The predicted molar refractivity (Wildman–Crippen MR) is 207 cm³/mol. The van der Waals surface area contributed by atoms with Crippen LogP contribution in [0.15, 0.2) is 168 Å². The number of aryl methyl sites for hydroxylation is 1. The Bertz CT molecular complexity index is 2730. The van der Waals surface area contributed by atoms with Crippen LogP contribution in [0.25, 0.3) is 89.1 Å². The molecule has 3 heterocycles. The molecule has 9 rings (SSSR count). The van der Waals surface area contributed by atoms with Gasteiger partial charge in [-0.05, 0) is 65.1 Å². The van der Waals surface area contributed by atoms with E-state index in [-0.39, 0.29) is 26.8 Å². The van der Waals surface area contributed by atoms with Crippen molar-refractivity contribution in [2.45, 2.75) is 6.92 Å². The van der Waals surface area contributed by atoms with Crippen LogP contribution in [0.3, 0.4) is 0 Å². The molecule has 0 saturated carbocycles. The van der Waals surface area contributed by atoms with E-state index in [0.29, 0.717) is 11.3 Å². The Balaban J connectivity index is 0.00000387. The fraction of sp³-hybridized carbons (Fsp3) is 0.0213. The van der Waals surface area contributed by atoms with Gasteiger partial charge in [-0.2, -0.15) is 0 Å². The van der Waals surface area contributed by atoms with Gasteiger partial charge in [0.2, 0.25) is 0 Å². The molecule has 52 heavy (non-hydrogen) atoms. The third-order valence-corrected chi connectivity index (χ3v) is 9.35. The molecule has 252 valence electrons. The standard InChI is InChI=1S/C47H31N2O2.Pt/c1-30-25-35(36-17-5-6-18-37(36)39-21-12-22-40-38-19-8-10-24-46(38)51-47(39)40)29-42(48-30)32-15-11-16-33(26-32)43-27-34(31-13-3-2-4-14-31)28-44(49-43)41-20-7-9-23-45(41)50;/h2-25,27-29,50H,1H3;/q-1;. The van der Waals surface area contributed by atoms with Crippen LogP contribution in [0.5, 0.6) is 5.75 Å². The van der Waals surface area contributed by atoms with Gasteiger partial charge < -0.3 is 9.52 Å².